The van der Waals surface area contributed by atoms with Crippen LogP contribution in [-0.4, -0.2) is 27.8 Å². The molecule has 0 aliphatic carbocycles. The van der Waals surface area contributed by atoms with Crippen LogP contribution in [0.1, 0.15) is 49.7 Å². The van der Waals surface area contributed by atoms with Gasteiger partial charge in [-0.05, 0) is 92.7 Å². The number of phenolic OH excluding ortho intramolecular Hbond substituents is 1. The summed E-state index contributed by atoms with van der Waals surface area (Å²) in [6.45, 7) is 6.55. The highest BCUT2D eigenvalue weighted by atomic mass is 35.5. The molecule has 0 saturated carbocycles. The van der Waals surface area contributed by atoms with Crippen molar-refractivity contribution >= 4 is 45.9 Å². The van der Waals surface area contributed by atoms with Gasteiger partial charge in [-0.25, -0.2) is 0 Å². The minimum absolute atomic E-state index is 0.104. The molecule has 3 heterocycles. The zero-order valence-corrected chi connectivity index (χ0v) is 21.2. The highest BCUT2D eigenvalue weighted by Gasteiger charge is 2.42. The fourth-order valence-corrected chi connectivity index (χ4v) is 5.59. The molecule has 0 amide bonds. The predicted molar refractivity (Wildman–Crippen MR) is 144 cm³/mol. The van der Waals surface area contributed by atoms with Crippen LogP contribution < -0.4 is 15.1 Å². The van der Waals surface area contributed by atoms with Crippen LogP contribution in [0.15, 0.2) is 66.9 Å². The van der Waals surface area contributed by atoms with Gasteiger partial charge >= 0.3 is 0 Å². The second-order valence-electron chi connectivity index (χ2n) is 9.44. The maximum atomic E-state index is 9.84. The summed E-state index contributed by atoms with van der Waals surface area (Å²) < 4.78 is 0. The molecule has 2 N–H and O–H groups in total. The van der Waals surface area contributed by atoms with E-state index in [9.17, 15) is 5.11 Å². The molecule has 1 saturated heterocycles. The molecule has 0 bridgehead atoms. The summed E-state index contributed by atoms with van der Waals surface area (Å²) in [5, 5.41) is 14.6. The van der Waals surface area contributed by atoms with Crippen molar-refractivity contribution in [3.8, 4) is 5.75 Å². The first-order valence-corrected chi connectivity index (χ1v) is 12.0. The molecule has 5 rings (SSSR count). The Balaban J connectivity index is 1.70. The van der Waals surface area contributed by atoms with Crippen LogP contribution in [0.3, 0.4) is 0 Å². The zero-order valence-electron chi connectivity index (χ0n) is 19.6. The van der Waals surface area contributed by atoms with Crippen molar-refractivity contribution in [3.05, 3.63) is 88.7 Å². The maximum absolute atomic E-state index is 9.84. The smallest absolute Gasteiger partial charge is 0.174 e. The Labute approximate surface area is 210 Å². The second-order valence-corrected chi connectivity index (χ2v) is 10.2. The van der Waals surface area contributed by atoms with Crippen LogP contribution in [0.2, 0.25) is 5.02 Å². The molecular weight excluding hydrogens is 464 g/mol. The van der Waals surface area contributed by atoms with Gasteiger partial charge in [0.2, 0.25) is 0 Å². The van der Waals surface area contributed by atoms with E-state index in [-0.39, 0.29) is 23.4 Å². The number of thiocarbonyl (C=S) groups is 1. The molecule has 2 aliphatic rings. The number of aromatic hydroxyl groups is 1. The SMILES string of the molecule is CC1=CC(C)(C)N(C)c2cc(Cl)c(C3C(c4ccccn4)NC(=S)N3c3ccc(O)cc3)cc21. The molecule has 2 atom stereocenters. The van der Waals surface area contributed by atoms with Crippen LogP contribution in [0.4, 0.5) is 11.4 Å². The maximum Gasteiger partial charge on any atom is 0.174 e. The molecule has 0 spiro atoms. The van der Waals surface area contributed by atoms with Gasteiger partial charge in [-0.15, -0.1) is 0 Å². The topological polar surface area (TPSA) is 51.6 Å². The zero-order chi connectivity index (χ0) is 24.2. The number of pyridine rings is 1. The number of nitrogens with one attached hydrogen (secondary N) is 1. The number of hydrogen-bond donors (Lipinski definition) is 2. The van der Waals surface area contributed by atoms with Gasteiger partial charge in [0.1, 0.15) is 5.75 Å². The molecule has 2 unspecified atom stereocenters. The first-order valence-electron chi connectivity index (χ1n) is 11.2. The number of benzene rings is 2. The van der Waals surface area contributed by atoms with Gasteiger partial charge in [0.25, 0.3) is 0 Å². The summed E-state index contributed by atoms with van der Waals surface area (Å²) in [5.41, 5.74) is 6.11. The van der Waals surface area contributed by atoms with E-state index in [1.165, 1.54) is 5.57 Å². The van der Waals surface area contributed by atoms with E-state index in [0.29, 0.717) is 10.1 Å². The monoisotopic (exact) mass is 490 g/mol. The van der Waals surface area contributed by atoms with E-state index in [1.54, 1.807) is 18.3 Å². The van der Waals surface area contributed by atoms with Crippen LogP contribution in [0.25, 0.3) is 5.57 Å². The van der Waals surface area contributed by atoms with Crippen molar-refractivity contribution in [1.82, 2.24) is 10.3 Å². The van der Waals surface area contributed by atoms with E-state index < -0.39 is 0 Å². The number of anilines is 2. The summed E-state index contributed by atoms with van der Waals surface area (Å²) in [6, 6.07) is 16.8. The quantitative estimate of drug-likeness (QED) is 0.423. The molecule has 174 valence electrons. The number of rotatable bonds is 3. The van der Waals surface area contributed by atoms with Gasteiger partial charge < -0.3 is 20.2 Å². The Morgan fingerprint density at radius 3 is 2.53 bits per heavy atom. The number of aromatic nitrogens is 1. The normalized spacial score (nSPS) is 21.2. The highest BCUT2D eigenvalue weighted by molar-refractivity contribution is 7.80. The molecule has 2 aliphatic heterocycles. The van der Waals surface area contributed by atoms with Gasteiger partial charge in [-0.2, -0.15) is 0 Å². The lowest BCUT2D eigenvalue weighted by atomic mass is 9.86. The van der Waals surface area contributed by atoms with E-state index in [2.05, 4.69) is 66.1 Å². The Bertz CT molecular complexity index is 1290. The Kier molecular flexibility index (Phi) is 5.53. The minimum atomic E-state index is -0.224. The summed E-state index contributed by atoms with van der Waals surface area (Å²) in [5.74, 6) is 0.206. The first-order chi connectivity index (χ1) is 16.2. The minimum Gasteiger partial charge on any atom is -0.508 e. The fraction of sp³-hybridized carbons (Fsp3) is 0.259. The van der Waals surface area contributed by atoms with Crippen LogP contribution >= 0.6 is 23.8 Å². The van der Waals surface area contributed by atoms with Crippen molar-refractivity contribution in [1.29, 1.82) is 0 Å². The molecule has 1 aromatic heterocycles. The molecule has 5 nitrogen and oxygen atoms in total. The van der Waals surface area contributed by atoms with E-state index >= 15 is 0 Å². The third-order valence-corrected chi connectivity index (χ3v) is 7.52. The largest absolute Gasteiger partial charge is 0.508 e. The van der Waals surface area contributed by atoms with Crippen LogP contribution in [0, 0.1) is 0 Å². The third-order valence-electron chi connectivity index (χ3n) is 6.88. The Hall–Kier alpha value is -3.09. The standard InChI is InChI=1S/C27H27ClN4OS/c1-16-15-27(2,3)31(4)23-14-21(28)20(13-19(16)23)25-24(22-7-5-6-12-29-22)30-26(34)32(25)17-8-10-18(33)11-9-17/h5-15,24-25,33H,1-4H3,(H,30,34). The van der Waals surface area contributed by atoms with Crippen LogP contribution in [-0.2, 0) is 0 Å². The number of allylic oxidation sites excluding steroid dienone is 1. The summed E-state index contributed by atoms with van der Waals surface area (Å²) >= 11 is 12.8. The van der Waals surface area contributed by atoms with Crippen molar-refractivity contribution < 1.29 is 5.11 Å². The van der Waals surface area contributed by atoms with Crippen molar-refractivity contribution in [2.45, 2.75) is 38.4 Å². The van der Waals surface area contributed by atoms with Crippen molar-refractivity contribution in [2.24, 2.45) is 0 Å². The average Bonchev–Trinajstić information content (AvgIpc) is 3.15. The molecule has 34 heavy (non-hydrogen) atoms. The molecule has 3 aromatic rings. The van der Waals surface area contributed by atoms with E-state index in [1.807, 2.05) is 30.3 Å². The Morgan fingerprint density at radius 1 is 1.12 bits per heavy atom. The molecule has 0 radical (unpaired) electrons. The second kappa shape index (κ2) is 8.29. The van der Waals surface area contributed by atoms with Gasteiger partial charge in [-0.1, -0.05) is 23.7 Å². The van der Waals surface area contributed by atoms with Gasteiger partial charge in [0.05, 0.1) is 23.3 Å². The fourth-order valence-electron chi connectivity index (χ4n) is 4.98. The van der Waals surface area contributed by atoms with E-state index in [4.69, 9.17) is 23.8 Å². The molecular formula is C27H27ClN4OS. The average molecular weight is 491 g/mol. The summed E-state index contributed by atoms with van der Waals surface area (Å²) in [6.07, 6.45) is 4.08. The van der Waals surface area contributed by atoms with E-state index in [0.717, 1.165) is 28.2 Å². The lowest BCUT2D eigenvalue weighted by molar-refractivity contribution is 0.475. The summed E-state index contributed by atoms with van der Waals surface area (Å²) in [4.78, 5) is 8.95. The summed E-state index contributed by atoms with van der Waals surface area (Å²) in [7, 11) is 2.10. The van der Waals surface area contributed by atoms with Gasteiger partial charge in [0, 0.05) is 35.2 Å². The number of likely N-dealkylation sites (N-methyl/N-ethyl adjacent to an activating group) is 1. The lowest BCUT2D eigenvalue weighted by Gasteiger charge is -2.41. The highest BCUT2D eigenvalue weighted by Crippen LogP contribution is 2.47. The van der Waals surface area contributed by atoms with Crippen molar-refractivity contribution in [3.63, 3.8) is 0 Å². The number of fused-ring (bicyclic) bond motifs is 1. The van der Waals surface area contributed by atoms with Gasteiger partial charge in [0.15, 0.2) is 5.11 Å². The molecule has 1 fully saturated rings. The lowest BCUT2D eigenvalue weighted by Crippen LogP contribution is -2.42. The van der Waals surface area contributed by atoms with Gasteiger partial charge in [-0.3, -0.25) is 4.98 Å². The molecule has 7 heteroatoms. The third kappa shape index (κ3) is 3.71. The molecule has 2 aromatic carbocycles. The Morgan fingerprint density at radius 2 is 1.85 bits per heavy atom. The number of halogens is 1. The van der Waals surface area contributed by atoms with Crippen LogP contribution in [0.5, 0.6) is 5.75 Å². The predicted octanol–water partition coefficient (Wildman–Crippen LogP) is 6.25. The number of phenols is 1. The number of hydrogen-bond acceptors (Lipinski definition) is 4. The first kappa shape index (κ1) is 22.7. The number of nitrogens with zero attached hydrogens (tertiary/aromatic N) is 3. The van der Waals surface area contributed by atoms with Crippen molar-refractivity contribution in [2.75, 3.05) is 16.8 Å².